The summed E-state index contributed by atoms with van der Waals surface area (Å²) < 4.78 is 2.13. The molecule has 0 atom stereocenters. The van der Waals surface area contributed by atoms with Crippen molar-refractivity contribution in [2.24, 2.45) is 5.10 Å². The molecule has 0 radical (unpaired) electrons. The molecule has 0 bridgehead atoms. The quantitative estimate of drug-likeness (QED) is 0.554. The Morgan fingerprint density at radius 2 is 1.92 bits per heavy atom. The van der Waals surface area contributed by atoms with Gasteiger partial charge in [0, 0.05) is 39.4 Å². The molecular formula is C18H18ClN5O. The van der Waals surface area contributed by atoms with Crippen molar-refractivity contribution in [3.8, 4) is 5.69 Å². The maximum atomic E-state index is 11.4. The number of nitrogens with one attached hydrogen (secondary N) is 2. The van der Waals surface area contributed by atoms with Crippen molar-refractivity contribution in [1.82, 2.24) is 14.5 Å². The molecule has 0 aliphatic rings. The van der Waals surface area contributed by atoms with Crippen molar-refractivity contribution in [2.75, 3.05) is 5.43 Å². The lowest BCUT2D eigenvalue weighted by atomic mass is 10.2. The van der Waals surface area contributed by atoms with Crippen molar-refractivity contribution in [1.29, 1.82) is 0 Å². The van der Waals surface area contributed by atoms with E-state index in [-0.39, 0.29) is 5.56 Å². The Morgan fingerprint density at radius 1 is 1.20 bits per heavy atom. The summed E-state index contributed by atoms with van der Waals surface area (Å²) in [6.07, 6.45) is 1.71. The van der Waals surface area contributed by atoms with Crippen molar-refractivity contribution < 1.29 is 0 Å². The first-order valence-electron chi connectivity index (χ1n) is 7.76. The number of hydrazone groups is 1. The molecule has 3 aromatic rings. The molecule has 0 aliphatic heterocycles. The first kappa shape index (κ1) is 17.0. The number of benzene rings is 1. The van der Waals surface area contributed by atoms with Crippen LogP contribution in [0.15, 0.2) is 46.3 Å². The lowest BCUT2D eigenvalue weighted by Crippen LogP contribution is -2.10. The van der Waals surface area contributed by atoms with Crippen molar-refractivity contribution >= 4 is 23.8 Å². The van der Waals surface area contributed by atoms with Gasteiger partial charge >= 0.3 is 0 Å². The fourth-order valence-corrected chi connectivity index (χ4v) is 2.83. The van der Waals surface area contributed by atoms with Crippen LogP contribution >= 0.6 is 11.6 Å². The fraction of sp³-hybridized carbons (Fsp3) is 0.167. The lowest BCUT2D eigenvalue weighted by Gasteiger charge is -2.09. The standard InChI is InChI=1S/C18H18ClN5O/c1-11-8-17(25)22-18(21-11)23-20-10-14-9-12(2)24(13(14)3)16-6-4-15(19)5-7-16/h4-10H,1-3H3,(H2,21,22,23,25)/b20-10+. The molecule has 0 spiro atoms. The van der Waals surface area contributed by atoms with Crippen LogP contribution in [0.3, 0.4) is 0 Å². The Kier molecular flexibility index (Phi) is 4.72. The van der Waals surface area contributed by atoms with E-state index in [1.165, 1.54) is 6.07 Å². The predicted octanol–water partition coefficient (Wildman–Crippen LogP) is 3.59. The zero-order chi connectivity index (χ0) is 18.0. The van der Waals surface area contributed by atoms with Gasteiger partial charge in [-0.05, 0) is 51.1 Å². The van der Waals surface area contributed by atoms with Gasteiger partial charge in [-0.3, -0.25) is 9.78 Å². The van der Waals surface area contributed by atoms with Gasteiger partial charge in [0.2, 0.25) is 5.95 Å². The molecule has 2 N–H and O–H groups in total. The Hall–Kier alpha value is -2.86. The average molecular weight is 356 g/mol. The molecule has 25 heavy (non-hydrogen) atoms. The second-order valence-corrected chi connectivity index (χ2v) is 6.18. The third-order valence-electron chi connectivity index (χ3n) is 3.80. The summed E-state index contributed by atoms with van der Waals surface area (Å²) in [5.74, 6) is 0.313. The van der Waals surface area contributed by atoms with Crippen LogP contribution in [-0.2, 0) is 0 Å². The van der Waals surface area contributed by atoms with Gasteiger partial charge in [0.05, 0.1) is 6.21 Å². The van der Waals surface area contributed by atoms with Gasteiger partial charge in [0.25, 0.3) is 5.56 Å². The largest absolute Gasteiger partial charge is 0.318 e. The first-order chi connectivity index (χ1) is 11.9. The van der Waals surface area contributed by atoms with Gasteiger partial charge in [-0.25, -0.2) is 10.4 Å². The van der Waals surface area contributed by atoms with Crippen molar-refractivity contribution in [3.63, 3.8) is 0 Å². The van der Waals surface area contributed by atoms with Crippen molar-refractivity contribution in [3.05, 3.63) is 74.4 Å². The molecule has 0 fully saturated rings. The highest BCUT2D eigenvalue weighted by Crippen LogP contribution is 2.21. The van der Waals surface area contributed by atoms with Crippen LogP contribution in [0.25, 0.3) is 5.69 Å². The third kappa shape index (κ3) is 3.80. The van der Waals surface area contributed by atoms with E-state index in [0.717, 1.165) is 22.6 Å². The number of hydrogen-bond acceptors (Lipinski definition) is 4. The second-order valence-electron chi connectivity index (χ2n) is 5.74. The molecule has 128 valence electrons. The summed E-state index contributed by atoms with van der Waals surface area (Å²) in [6.45, 7) is 5.81. The number of aryl methyl sites for hydroxylation is 2. The monoisotopic (exact) mass is 355 g/mol. The summed E-state index contributed by atoms with van der Waals surface area (Å²) in [5, 5.41) is 4.88. The summed E-state index contributed by atoms with van der Waals surface area (Å²) in [6, 6.07) is 11.2. The van der Waals surface area contributed by atoms with E-state index in [9.17, 15) is 4.79 Å². The van der Waals surface area contributed by atoms with E-state index < -0.39 is 0 Å². The lowest BCUT2D eigenvalue weighted by molar-refractivity contribution is 0.965. The highest BCUT2D eigenvalue weighted by Gasteiger charge is 2.09. The molecule has 6 nitrogen and oxygen atoms in total. The summed E-state index contributed by atoms with van der Waals surface area (Å²) in [7, 11) is 0. The summed E-state index contributed by atoms with van der Waals surface area (Å²) in [5.41, 5.74) is 7.31. The molecule has 1 aromatic carbocycles. The average Bonchev–Trinajstić information content (AvgIpc) is 2.82. The first-order valence-corrected chi connectivity index (χ1v) is 8.14. The van der Waals surface area contributed by atoms with Gasteiger partial charge in [0.1, 0.15) is 0 Å². The van der Waals surface area contributed by atoms with Gasteiger partial charge < -0.3 is 4.57 Å². The Bertz CT molecular complexity index is 986. The Morgan fingerprint density at radius 3 is 2.60 bits per heavy atom. The second kappa shape index (κ2) is 6.94. The van der Waals surface area contributed by atoms with Crippen LogP contribution < -0.4 is 11.0 Å². The smallest absolute Gasteiger partial charge is 0.252 e. The minimum absolute atomic E-state index is 0.217. The molecular weight excluding hydrogens is 338 g/mol. The predicted molar refractivity (Wildman–Crippen MR) is 101 cm³/mol. The third-order valence-corrected chi connectivity index (χ3v) is 4.05. The highest BCUT2D eigenvalue weighted by atomic mass is 35.5. The summed E-state index contributed by atoms with van der Waals surface area (Å²) in [4.78, 5) is 18.2. The van der Waals surface area contributed by atoms with Gasteiger partial charge in [-0.1, -0.05) is 11.6 Å². The van der Waals surface area contributed by atoms with E-state index in [4.69, 9.17) is 11.6 Å². The maximum Gasteiger partial charge on any atom is 0.252 e. The van der Waals surface area contributed by atoms with Crippen LogP contribution in [0.4, 0.5) is 5.95 Å². The SMILES string of the molecule is Cc1cc(=O)[nH]c(N/N=C/c2cc(C)n(-c3ccc(Cl)cc3)c2C)n1. The minimum Gasteiger partial charge on any atom is -0.318 e. The molecule has 2 heterocycles. The van der Waals surface area contributed by atoms with Gasteiger partial charge in [-0.2, -0.15) is 5.10 Å². The number of halogens is 1. The maximum absolute atomic E-state index is 11.4. The topological polar surface area (TPSA) is 75.1 Å². The molecule has 0 aliphatic carbocycles. The fourth-order valence-electron chi connectivity index (χ4n) is 2.70. The van der Waals surface area contributed by atoms with Gasteiger partial charge in [-0.15, -0.1) is 0 Å². The molecule has 3 rings (SSSR count). The molecule has 0 saturated heterocycles. The van der Waals surface area contributed by atoms with Crippen LogP contribution in [0, 0.1) is 20.8 Å². The Balaban J connectivity index is 1.85. The minimum atomic E-state index is -0.217. The van der Waals surface area contributed by atoms with E-state index in [0.29, 0.717) is 16.7 Å². The zero-order valence-electron chi connectivity index (χ0n) is 14.2. The van der Waals surface area contributed by atoms with Crippen LogP contribution in [0.2, 0.25) is 5.02 Å². The number of rotatable bonds is 4. The van der Waals surface area contributed by atoms with E-state index in [1.54, 1.807) is 13.1 Å². The number of nitrogens with zero attached hydrogens (tertiary/aromatic N) is 3. The number of aromatic nitrogens is 3. The van der Waals surface area contributed by atoms with Crippen LogP contribution in [0.1, 0.15) is 22.6 Å². The molecule has 7 heteroatoms. The number of H-pyrrole nitrogens is 1. The van der Waals surface area contributed by atoms with Gasteiger partial charge in [0.15, 0.2) is 0 Å². The number of anilines is 1. The van der Waals surface area contributed by atoms with Crippen molar-refractivity contribution in [2.45, 2.75) is 20.8 Å². The molecule has 2 aromatic heterocycles. The summed E-state index contributed by atoms with van der Waals surface area (Å²) >= 11 is 5.96. The number of aromatic amines is 1. The highest BCUT2D eigenvalue weighted by molar-refractivity contribution is 6.30. The van der Waals surface area contributed by atoms with E-state index in [2.05, 4.69) is 25.1 Å². The zero-order valence-corrected chi connectivity index (χ0v) is 14.9. The Labute approximate surface area is 150 Å². The van der Waals surface area contributed by atoms with Crippen LogP contribution in [0.5, 0.6) is 0 Å². The van der Waals surface area contributed by atoms with E-state index >= 15 is 0 Å². The molecule has 0 unspecified atom stereocenters. The number of hydrogen-bond donors (Lipinski definition) is 2. The van der Waals surface area contributed by atoms with Crippen LogP contribution in [-0.4, -0.2) is 20.7 Å². The molecule has 0 saturated carbocycles. The van der Waals surface area contributed by atoms with E-state index in [1.807, 2.05) is 44.2 Å². The normalized spacial score (nSPS) is 11.2. The molecule has 0 amide bonds.